The molecule has 0 unspecified atom stereocenters. The predicted octanol–water partition coefficient (Wildman–Crippen LogP) is 4.70. The lowest BCUT2D eigenvalue weighted by Crippen LogP contribution is -2.08. The molecule has 21 heavy (non-hydrogen) atoms. The zero-order valence-electron chi connectivity index (χ0n) is 13.2. The first kappa shape index (κ1) is 17.3. The molecule has 2 N–H and O–H groups in total. The minimum absolute atomic E-state index is 0.0105. The predicted molar refractivity (Wildman–Crippen MR) is 83.4 cm³/mol. The second-order valence-corrected chi connectivity index (χ2v) is 5.32. The van der Waals surface area contributed by atoms with Crippen molar-refractivity contribution in [3.8, 4) is 11.5 Å². The van der Waals surface area contributed by atoms with Gasteiger partial charge in [-0.05, 0) is 36.8 Å². The Morgan fingerprint density at radius 2 is 1.71 bits per heavy atom. The summed E-state index contributed by atoms with van der Waals surface area (Å²) >= 11 is 0. The number of aromatic hydroxyl groups is 1. The molecule has 4 heteroatoms. The zero-order valence-corrected chi connectivity index (χ0v) is 13.2. The first-order valence-corrected chi connectivity index (χ1v) is 7.82. The Morgan fingerprint density at radius 1 is 1.05 bits per heavy atom. The Kier molecular flexibility index (Phi) is 7.06. The number of hydrogen-bond donors (Lipinski definition) is 2. The largest absolute Gasteiger partial charge is 0.511 e. The lowest BCUT2D eigenvalue weighted by molar-refractivity contribution is 0.142. The van der Waals surface area contributed by atoms with Crippen molar-refractivity contribution in [1.82, 2.24) is 0 Å². The number of phenols is 1. The third kappa shape index (κ3) is 4.66. The molecule has 0 amide bonds. The molecule has 0 bridgehead atoms. The highest BCUT2D eigenvalue weighted by Gasteiger charge is 2.20. The Labute approximate surface area is 126 Å². The van der Waals surface area contributed by atoms with Crippen molar-refractivity contribution >= 4 is 6.16 Å². The minimum atomic E-state index is -1.38. The fourth-order valence-electron chi connectivity index (χ4n) is 2.58. The van der Waals surface area contributed by atoms with Gasteiger partial charge in [-0.2, -0.15) is 0 Å². The SMILES string of the molecule is CCCCc1cc(CCC)c(OC(=O)O)c(O)c1CCC. The summed E-state index contributed by atoms with van der Waals surface area (Å²) in [5.41, 5.74) is 2.74. The van der Waals surface area contributed by atoms with Gasteiger partial charge in [-0.1, -0.05) is 46.1 Å². The molecule has 0 saturated heterocycles. The Balaban J connectivity index is 3.34. The molecule has 1 rings (SSSR count). The van der Waals surface area contributed by atoms with Crippen molar-refractivity contribution in [2.75, 3.05) is 0 Å². The van der Waals surface area contributed by atoms with Gasteiger partial charge in [0.2, 0.25) is 0 Å². The van der Waals surface area contributed by atoms with Gasteiger partial charge in [0.15, 0.2) is 11.5 Å². The highest BCUT2D eigenvalue weighted by atomic mass is 16.7. The summed E-state index contributed by atoms with van der Waals surface area (Å²) in [7, 11) is 0. The zero-order chi connectivity index (χ0) is 15.8. The summed E-state index contributed by atoms with van der Waals surface area (Å²) in [6.07, 6.45) is 4.86. The topological polar surface area (TPSA) is 66.8 Å². The van der Waals surface area contributed by atoms with Crippen molar-refractivity contribution < 1.29 is 19.7 Å². The average Bonchev–Trinajstić information content (AvgIpc) is 2.44. The van der Waals surface area contributed by atoms with Crippen molar-refractivity contribution in [2.45, 2.75) is 65.7 Å². The Bertz CT molecular complexity index is 480. The number of unbranched alkanes of at least 4 members (excludes halogenated alkanes) is 1. The van der Waals surface area contributed by atoms with Crippen molar-refractivity contribution in [3.63, 3.8) is 0 Å². The van der Waals surface area contributed by atoms with Crippen molar-refractivity contribution in [2.24, 2.45) is 0 Å². The van der Waals surface area contributed by atoms with Gasteiger partial charge in [-0.3, -0.25) is 0 Å². The van der Waals surface area contributed by atoms with Crippen LogP contribution in [0.2, 0.25) is 0 Å². The van der Waals surface area contributed by atoms with Gasteiger partial charge in [0.25, 0.3) is 0 Å². The van der Waals surface area contributed by atoms with E-state index in [0.717, 1.165) is 55.2 Å². The number of aryl methyl sites for hydroxylation is 2. The molecule has 4 nitrogen and oxygen atoms in total. The van der Waals surface area contributed by atoms with E-state index in [1.165, 1.54) is 0 Å². The molecular formula is C17H26O4. The summed E-state index contributed by atoms with van der Waals surface area (Å²) in [4.78, 5) is 10.9. The molecule has 0 heterocycles. The van der Waals surface area contributed by atoms with Crippen LogP contribution in [0.1, 0.15) is 63.1 Å². The minimum Gasteiger partial charge on any atom is -0.504 e. The van der Waals surface area contributed by atoms with Crippen LogP contribution in [0.4, 0.5) is 4.79 Å². The number of rotatable bonds is 8. The Hall–Kier alpha value is -1.71. The lowest BCUT2D eigenvalue weighted by atomic mass is 9.93. The number of benzene rings is 1. The molecule has 0 atom stereocenters. The van der Waals surface area contributed by atoms with Crippen LogP contribution in [0.5, 0.6) is 11.5 Å². The van der Waals surface area contributed by atoms with Gasteiger partial charge >= 0.3 is 6.16 Å². The molecule has 0 saturated carbocycles. The van der Waals surface area contributed by atoms with Crippen LogP contribution >= 0.6 is 0 Å². The van der Waals surface area contributed by atoms with Crippen LogP contribution in [0.3, 0.4) is 0 Å². The second kappa shape index (κ2) is 8.55. The van der Waals surface area contributed by atoms with E-state index >= 15 is 0 Å². The van der Waals surface area contributed by atoms with E-state index in [0.29, 0.717) is 6.42 Å². The van der Waals surface area contributed by atoms with E-state index in [9.17, 15) is 9.90 Å². The molecule has 0 aliphatic carbocycles. The molecule has 0 aliphatic heterocycles. The molecule has 1 aromatic carbocycles. The summed E-state index contributed by atoms with van der Waals surface area (Å²) in [6.45, 7) is 6.20. The van der Waals surface area contributed by atoms with Gasteiger partial charge in [0, 0.05) is 5.56 Å². The van der Waals surface area contributed by atoms with Crippen LogP contribution in [0, 0.1) is 0 Å². The highest BCUT2D eigenvalue weighted by Crippen LogP contribution is 2.38. The fraction of sp³-hybridized carbons (Fsp3) is 0.588. The van der Waals surface area contributed by atoms with Gasteiger partial charge in [0.1, 0.15) is 0 Å². The molecule has 0 spiro atoms. The van der Waals surface area contributed by atoms with E-state index < -0.39 is 6.16 Å². The van der Waals surface area contributed by atoms with E-state index in [1.54, 1.807) is 0 Å². The van der Waals surface area contributed by atoms with E-state index in [1.807, 2.05) is 19.9 Å². The highest BCUT2D eigenvalue weighted by molar-refractivity contribution is 5.66. The maximum Gasteiger partial charge on any atom is 0.511 e. The van der Waals surface area contributed by atoms with Crippen molar-refractivity contribution in [1.29, 1.82) is 0 Å². The molecular weight excluding hydrogens is 268 g/mol. The van der Waals surface area contributed by atoms with Gasteiger partial charge in [-0.25, -0.2) is 4.79 Å². The molecule has 0 aromatic heterocycles. The third-order valence-corrected chi connectivity index (χ3v) is 3.54. The standard InChI is InChI=1S/C17H26O4/c1-4-7-10-12-11-13(8-5-2)16(21-17(19)20)15(18)14(12)9-6-3/h11,18H,4-10H2,1-3H3,(H,19,20). The molecule has 0 radical (unpaired) electrons. The first-order chi connectivity index (χ1) is 10.0. The van der Waals surface area contributed by atoms with E-state index in [2.05, 4.69) is 6.92 Å². The summed E-state index contributed by atoms with van der Waals surface area (Å²) in [5, 5.41) is 19.4. The van der Waals surface area contributed by atoms with E-state index in [-0.39, 0.29) is 11.5 Å². The molecule has 0 fully saturated rings. The summed E-state index contributed by atoms with van der Waals surface area (Å²) in [5.74, 6) is 0.129. The first-order valence-electron chi connectivity index (χ1n) is 7.82. The second-order valence-electron chi connectivity index (χ2n) is 5.32. The van der Waals surface area contributed by atoms with Gasteiger partial charge < -0.3 is 14.9 Å². The van der Waals surface area contributed by atoms with Crippen LogP contribution < -0.4 is 4.74 Å². The van der Waals surface area contributed by atoms with Gasteiger partial charge in [0.05, 0.1) is 0 Å². The average molecular weight is 294 g/mol. The molecule has 1 aromatic rings. The fourth-order valence-corrected chi connectivity index (χ4v) is 2.58. The third-order valence-electron chi connectivity index (χ3n) is 3.54. The summed E-state index contributed by atoms with van der Waals surface area (Å²) < 4.78 is 4.84. The van der Waals surface area contributed by atoms with Crippen molar-refractivity contribution in [3.05, 3.63) is 22.8 Å². The Morgan fingerprint density at radius 3 is 2.24 bits per heavy atom. The maximum atomic E-state index is 10.9. The maximum absolute atomic E-state index is 10.9. The van der Waals surface area contributed by atoms with Crippen LogP contribution in [-0.4, -0.2) is 16.4 Å². The normalized spacial score (nSPS) is 10.6. The van der Waals surface area contributed by atoms with Crippen LogP contribution in [-0.2, 0) is 19.3 Å². The number of hydrogen-bond acceptors (Lipinski definition) is 3. The number of carbonyl (C=O) groups is 1. The quantitative estimate of drug-likeness (QED) is 0.539. The summed E-state index contributed by atoms with van der Waals surface area (Å²) in [6, 6.07) is 2.02. The monoisotopic (exact) mass is 294 g/mol. The lowest BCUT2D eigenvalue weighted by Gasteiger charge is -2.17. The van der Waals surface area contributed by atoms with Crippen LogP contribution in [0.25, 0.3) is 0 Å². The number of ether oxygens (including phenoxy) is 1. The van der Waals surface area contributed by atoms with Crippen LogP contribution in [0.15, 0.2) is 6.07 Å². The van der Waals surface area contributed by atoms with E-state index in [4.69, 9.17) is 9.84 Å². The molecule has 0 aliphatic rings. The molecule has 118 valence electrons. The van der Waals surface area contributed by atoms with Gasteiger partial charge in [-0.15, -0.1) is 0 Å². The number of phenolic OH excluding ortho intramolecular Hbond substituents is 1. The number of carboxylic acid groups (broad SMARTS) is 1. The smallest absolute Gasteiger partial charge is 0.504 e.